The number of rotatable bonds is 5. The van der Waals surface area contributed by atoms with E-state index in [0.717, 1.165) is 12.5 Å². The minimum absolute atomic E-state index is 0.149. The highest BCUT2D eigenvalue weighted by molar-refractivity contribution is 7.91. The van der Waals surface area contributed by atoms with Gasteiger partial charge in [-0.1, -0.05) is 0 Å². The van der Waals surface area contributed by atoms with Crippen LogP contribution in [0.5, 0.6) is 0 Å². The summed E-state index contributed by atoms with van der Waals surface area (Å²) in [5.74, 6) is 0.389. The second-order valence-electron chi connectivity index (χ2n) is 8.74. The van der Waals surface area contributed by atoms with Gasteiger partial charge >= 0.3 is 34.2 Å². The Labute approximate surface area is 162 Å². The predicted molar refractivity (Wildman–Crippen MR) is 111 cm³/mol. The van der Waals surface area contributed by atoms with Crippen LogP contribution in [0.2, 0.25) is 51.9 Å². The standard InChI is InChI=1S/C14H34O7SSi4/c1-23(2)18-24(3,4)20-26(7,21-25(5,6)19-23)12-8-10-17-14-9-11-22(15,16)13-14/h14H,8-13H2,1-7H3. The number of sulfone groups is 1. The third-order valence-electron chi connectivity index (χ3n) is 4.23. The maximum atomic E-state index is 11.5. The number of ether oxygens (including phenoxy) is 1. The van der Waals surface area contributed by atoms with Crippen molar-refractivity contribution in [2.45, 2.75) is 70.8 Å². The van der Waals surface area contributed by atoms with E-state index in [0.29, 0.717) is 13.0 Å². The molecule has 26 heavy (non-hydrogen) atoms. The molecule has 2 fully saturated rings. The Morgan fingerprint density at radius 1 is 0.885 bits per heavy atom. The Balaban J connectivity index is 1.93. The lowest BCUT2D eigenvalue weighted by atomic mass is 10.3. The fourth-order valence-corrected chi connectivity index (χ4v) is 27.1. The van der Waals surface area contributed by atoms with Crippen molar-refractivity contribution in [1.29, 1.82) is 0 Å². The molecule has 154 valence electrons. The zero-order valence-corrected chi connectivity index (χ0v) is 21.9. The van der Waals surface area contributed by atoms with Gasteiger partial charge in [-0.25, -0.2) is 8.42 Å². The van der Waals surface area contributed by atoms with E-state index < -0.39 is 44.1 Å². The summed E-state index contributed by atoms with van der Waals surface area (Å²) < 4.78 is 54.5. The lowest BCUT2D eigenvalue weighted by Crippen LogP contribution is -2.65. The predicted octanol–water partition coefficient (Wildman–Crippen LogP) is 2.84. The maximum absolute atomic E-state index is 11.5. The smallest absolute Gasteiger partial charge is 0.317 e. The van der Waals surface area contributed by atoms with Crippen molar-refractivity contribution in [1.82, 2.24) is 0 Å². The van der Waals surface area contributed by atoms with Gasteiger partial charge < -0.3 is 21.2 Å². The summed E-state index contributed by atoms with van der Waals surface area (Å²) in [6.45, 7) is 14.9. The van der Waals surface area contributed by atoms with Crippen LogP contribution in [0.15, 0.2) is 0 Å². The highest BCUT2D eigenvalue weighted by Gasteiger charge is 2.52. The van der Waals surface area contributed by atoms with Gasteiger partial charge in [0, 0.05) is 6.61 Å². The minimum Gasteiger partial charge on any atom is -0.416 e. The van der Waals surface area contributed by atoms with Crippen LogP contribution in [-0.2, 0) is 31.0 Å². The van der Waals surface area contributed by atoms with Gasteiger partial charge in [-0.05, 0) is 64.7 Å². The summed E-state index contributed by atoms with van der Waals surface area (Å²) in [6, 6.07) is 0.786. The molecule has 0 aromatic rings. The van der Waals surface area contributed by atoms with Crippen molar-refractivity contribution in [2.75, 3.05) is 18.1 Å². The molecule has 2 aliphatic rings. The van der Waals surface area contributed by atoms with Crippen LogP contribution in [0, 0.1) is 0 Å². The molecule has 0 spiro atoms. The second-order valence-corrected chi connectivity index (χ2v) is 25.4. The molecule has 2 heterocycles. The molecule has 2 aliphatic heterocycles. The first-order valence-corrected chi connectivity index (χ1v) is 22.0. The normalized spacial score (nSPS) is 31.9. The topological polar surface area (TPSA) is 80.3 Å². The molecule has 0 radical (unpaired) electrons. The molecule has 7 nitrogen and oxygen atoms in total. The average molecular weight is 459 g/mol. The zero-order valence-electron chi connectivity index (χ0n) is 17.1. The molecule has 0 bridgehead atoms. The third-order valence-corrected chi connectivity index (χ3v) is 22.5. The van der Waals surface area contributed by atoms with Crippen LogP contribution in [0.4, 0.5) is 0 Å². The van der Waals surface area contributed by atoms with Gasteiger partial charge in [0.15, 0.2) is 9.84 Å². The molecule has 2 saturated heterocycles. The Hall–Kier alpha value is 0.618. The molecule has 0 saturated carbocycles. The van der Waals surface area contributed by atoms with Gasteiger partial charge in [0.25, 0.3) is 0 Å². The molecule has 0 amide bonds. The van der Waals surface area contributed by atoms with Crippen LogP contribution < -0.4 is 0 Å². The van der Waals surface area contributed by atoms with E-state index in [1.54, 1.807) is 0 Å². The maximum Gasteiger partial charge on any atom is 0.317 e. The van der Waals surface area contributed by atoms with E-state index in [-0.39, 0.29) is 17.6 Å². The van der Waals surface area contributed by atoms with E-state index in [4.69, 9.17) is 21.2 Å². The zero-order chi connectivity index (χ0) is 19.9. The van der Waals surface area contributed by atoms with Gasteiger partial charge in [-0.3, -0.25) is 0 Å². The van der Waals surface area contributed by atoms with Gasteiger partial charge in [0.05, 0.1) is 17.6 Å². The molecule has 0 aromatic heterocycles. The quantitative estimate of drug-likeness (QED) is 0.463. The highest BCUT2D eigenvalue weighted by atomic mass is 32.2. The first-order valence-electron chi connectivity index (χ1n) is 9.24. The van der Waals surface area contributed by atoms with Crippen LogP contribution in [0.3, 0.4) is 0 Å². The molecule has 0 aromatic carbocycles. The minimum atomic E-state index is -2.90. The Morgan fingerprint density at radius 3 is 1.85 bits per heavy atom. The Kier molecular flexibility index (Phi) is 6.87. The van der Waals surface area contributed by atoms with E-state index in [2.05, 4.69) is 45.8 Å². The molecule has 0 aliphatic carbocycles. The van der Waals surface area contributed by atoms with Gasteiger partial charge in [0.2, 0.25) is 0 Å². The van der Waals surface area contributed by atoms with Crippen LogP contribution in [0.1, 0.15) is 12.8 Å². The van der Waals surface area contributed by atoms with E-state index in [9.17, 15) is 8.42 Å². The first kappa shape index (κ1) is 22.9. The number of hydrogen-bond donors (Lipinski definition) is 0. The molecule has 12 heteroatoms. The van der Waals surface area contributed by atoms with Crippen molar-refractivity contribution < 1.29 is 29.6 Å². The first-order chi connectivity index (χ1) is 11.6. The molecule has 2 rings (SSSR count). The Bertz CT molecular complexity index is 586. The fourth-order valence-electron chi connectivity index (χ4n) is 3.94. The van der Waals surface area contributed by atoms with Crippen molar-refractivity contribution in [3.8, 4) is 0 Å². The second kappa shape index (κ2) is 7.80. The van der Waals surface area contributed by atoms with Crippen LogP contribution >= 0.6 is 0 Å². The molecule has 1 unspecified atom stereocenters. The van der Waals surface area contributed by atoms with Gasteiger partial charge in [-0.15, -0.1) is 0 Å². The Morgan fingerprint density at radius 2 is 1.38 bits per heavy atom. The average Bonchev–Trinajstić information content (AvgIpc) is 2.68. The summed E-state index contributed by atoms with van der Waals surface area (Å²) in [5, 5.41) is 0. The van der Waals surface area contributed by atoms with E-state index >= 15 is 0 Å². The third kappa shape index (κ3) is 7.22. The molecular weight excluding hydrogens is 425 g/mol. The van der Waals surface area contributed by atoms with Crippen molar-refractivity contribution in [2.24, 2.45) is 0 Å². The monoisotopic (exact) mass is 458 g/mol. The van der Waals surface area contributed by atoms with Gasteiger partial charge in [-0.2, -0.15) is 0 Å². The largest absolute Gasteiger partial charge is 0.416 e. The number of hydrogen-bond acceptors (Lipinski definition) is 7. The molecular formula is C14H34O7SSi4. The molecule has 1 atom stereocenters. The SMILES string of the molecule is C[Si]1(C)O[Si](C)(C)O[Si](C)(CCCOC2CCS(=O)(=O)C2)O[Si](C)(C)O1. The lowest BCUT2D eigenvalue weighted by molar-refractivity contribution is 0.0702. The van der Waals surface area contributed by atoms with Crippen molar-refractivity contribution >= 4 is 44.1 Å². The summed E-state index contributed by atoms with van der Waals surface area (Å²) in [5.41, 5.74) is 0. The van der Waals surface area contributed by atoms with Crippen LogP contribution in [-0.4, -0.2) is 66.9 Å². The summed E-state index contributed by atoms with van der Waals surface area (Å²) >= 11 is 0. The molecule has 0 N–H and O–H groups in total. The van der Waals surface area contributed by atoms with E-state index in [1.165, 1.54) is 0 Å². The van der Waals surface area contributed by atoms with Crippen molar-refractivity contribution in [3.05, 3.63) is 0 Å². The summed E-state index contributed by atoms with van der Waals surface area (Å²) in [4.78, 5) is 0. The highest BCUT2D eigenvalue weighted by Crippen LogP contribution is 2.33. The summed E-state index contributed by atoms with van der Waals surface area (Å²) in [6.07, 6.45) is 1.23. The van der Waals surface area contributed by atoms with E-state index in [1.807, 2.05) is 0 Å². The summed E-state index contributed by atoms with van der Waals surface area (Å²) in [7, 11) is -12.3. The van der Waals surface area contributed by atoms with Crippen molar-refractivity contribution in [3.63, 3.8) is 0 Å². The fraction of sp³-hybridized carbons (Fsp3) is 1.00. The van der Waals surface area contributed by atoms with Crippen LogP contribution in [0.25, 0.3) is 0 Å². The van der Waals surface area contributed by atoms with Gasteiger partial charge in [0.1, 0.15) is 0 Å². The lowest BCUT2D eigenvalue weighted by Gasteiger charge is -2.47.